The van der Waals surface area contributed by atoms with E-state index in [1.54, 1.807) is 26.0 Å². The Morgan fingerprint density at radius 3 is 2.56 bits per heavy atom. The number of ether oxygens (including phenoxy) is 2. The van der Waals surface area contributed by atoms with Crippen molar-refractivity contribution in [3.8, 4) is 11.5 Å². The van der Waals surface area contributed by atoms with Crippen molar-refractivity contribution in [1.82, 2.24) is 0 Å². The monoisotopic (exact) mass is 455 g/mol. The van der Waals surface area contributed by atoms with Crippen molar-refractivity contribution in [3.05, 3.63) is 75.8 Å². The summed E-state index contributed by atoms with van der Waals surface area (Å²) in [5, 5.41) is 10.6. The maximum absolute atomic E-state index is 12.8. The molecule has 8 nitrogen and oxygen atoms in total. The molecule has 1 aromatic carbocycles. The molecule has 0 amide bonds. The molecule has 0 saturated carbocycles. The Bertz CT molecular complexity index is 1110. The fourth-order valence-corrected chi connectivity index (χ4v) is 4.97. The van der Waals surface area contributed by atoms with E-state index in [0.29, 0.717) is 37.3 Å². The number of rotatable bonds is 9. The molecule has 2 aromatic heterocycles. The van der Waals surface area contributed by atoms with Gasteiger partial charge >= 0.3 is 5.88 Å². The maximum atomic E-state index is 12.8. The second-order valence-electron chi connectivity index (χ2n) is 7.52. The Balaban J connectivity index is 1.31. The molecule has 0 N–H and O–H groups in total. The minimum Gasteiger partial charge on any atom is -0.493 e. The van der Waals surface area contributed by atoms with E-state index in [-0.39, 0.29) is 16.9 Å². The highest BCUT2D eigenvalue weighted by atomic mass is 32.2. The van der Waals surface area contributed by atoms with Crippen LogP contribution in [-0.2, 0) is 24.2 Å². The fraction of sp³-hybridized carbons (Fsp3) is 0.304. The third-order valence-electron chi connectivity index (χ3n) is 5.41. The topological polar surface area (TPSA) is 95.7 Å². The molecule has 32 heavy (non-hydrogen) atoms. The Morgan fingerprint density at radius 1 is 1.19 bits per heavy atom. The van der Waals surface area contributed by atoms with Gasteiger partial charge in [-0.15, -0.1) is 11.8 Å². The molecule has 1 atom stereocenters. The lowest BCUT2D eigenvalue weighted by molar-refractivity contribution is -0.688. The second-order valence-corrected chi connectivity index (χ2v) is 8.77. The number of hydrogen-bond donors (Lipinski definition) is 0. The molecule has 0 aliphatic carbocycles. The fourth-order valence-electron chi connectivity index (χ4n) is 3.69. The van der Waals surface area contributed by atoms with Crippen molar-refractivity contribution < 1.29 is 28.2 Å². The van der Waals surface area contributed by atoms with Crippen molar-refractivity contribution in [1.29, 1.82) is 0 Å². The highest BCUT2D eigenvalue weighted by Crippen LogP contribution is 2.43. The summed E-state index contributed by atoms with van der Waals surface area (Å²) < 4.78 is 17.6. The summed E-state index contributed by atoms with van der Waals surface area (Å²) in [6.45, 7) is 0.473. The number of nitrogens with zero attached hydrogens (tertiary/aromatic N) is 2. The number of methoxy groups -OCH3 is 2. The Kier molecular flexibility index (Phi) is 6.45. The van der Waals surface area contributed by atoms with Gasteiger partial charge in [0.1, 0.15) is 17.0 Å². The van der Waals surface area contributed by atoms with Crippen LogP contribution in [-0.4, -0.2) is 30.2 Å². The van der Waals surface area contributed by atoms with Gasteiger partial charge in [0.2, 0.25) is 0 Å². The summed E-state index contributed by atoms with van der Waals surface area (Å²) in [6.07, 6.45) is 7.02. The second kappa shape index (κ2) is 9.44. The minimum atomic E-state index is -0.553. The number of carbonyl (C=O) groups excluding carboxylic acids is 1. The van der Waals surface area contributed by atoms with E-state index < -0.39 is 4.92 Å². The Hall–Kier alpha value is -3.33. The number of Topliss-reactive ketones (excluding diaryl/α,β-unsaturated/α-hetero) is 1. The maximum Gasteiger partial charge on any atom is 0.433 e. The van der Waals surface area contributed by atoms with Crippen molar-refractivity contribution >= 4 is 23.4 Å². The third kappa shape index (κ3) is 4.77. The molecule has 1 aliphatic heterocycles. The van der Waals surface area contributed by atoms with Crippen molar-refractivity contribution in [2.45, 2.75) is 36.0 Å². The smallest absolute Gasteiger partial charge is 0.433 e. The molecule has 0 bridgehead atoms. The number of hydrogen-bond acceptors (Lipinski definition) is 7. The molecule has 3 heterocycles. The molecule has 1 aliphatic rings. The van der Waals surface area contributed by atoms with Crippen LogP contribution in [0.15, 0.2) is 58.3 Å². The predicted molar refractivity (Wildman–Crippen MR) is 117 cm³/mol. The summed E-state index contributed by atoms with van der Waals surface area (Å²) >= 11 is 1.59. The number of nitro groups is 1. The molecule has 9 heteroatoms. The molecule has 4 rings (SSSR count). The molecule has 166 valence electrons. The van der Waals surface area contributed by atoms with E-state index in [4.69, 9.17) is 13.9 Å². The summed E-state index contributed by atoms with van der Waals surface area (Å²) in [6, 6.07) is 9.25. The molecule has 1 unspecified atom stereocenters. The molecule has 3 aromatic rings. The lowest BCUT2D eigenvalue weighted by Crippen LogP contribution is -2.33. The number of ketones is 1. The van der Waals surface area contributed by atoms with Gasteiger partial charge in [-0.2, -0.15) is 0 Å². The van der Waals surface area contributed by atoms with E-state index in [0.717, 1.165) is 21.6 Å². The van der Waals surface area contributed by atoms with Crippen LogP contribution in [0.1, 0.15) is 23.1 Å². The number of pyridine rings is 1. The van der Waals surface area contributed by atoms with E-state index in [2.05, 4.69) is 0 Å². The first-order valence-corrected chi connectivity index (χ1v) is 11.0. The Morgan fingerprint density at radius 2 is 1.91 bits per heavy atom. The summed E-state index contributed by atoms with van der Waals surface area (Å²) in [7, 11) is 3.21. The molecule has 0 fully saturated rings. The van der Waals surface area contributed by atoms with Gasteiger partial charge in [-0.25, -0.2) is 4.57 Å². The van der Waals surface area contributed by atoms with Crippen molar-refractivity contribution in [2.24, 2.45) is 0 Å². The number of aryl methyl sites for hydroxylation is 1. The number of aromatic nitrogens is 1. The van der Waals surface area contributed by atoms with Crippen LogP contribution in [0, 0.1) is 10.1 Å². The van der Waals surface area contributed by atoms with E-state index in [9.17, 15) is 14.9 Å². The lowest BCUT2D eigenvalue weighted by Gasteiger charge is -2.09. The largest absolute Gasteiger partial charge is 0.493 e. The van der Waals surface area contributed by atoms with Gasteiger partial charge in [-0.1, -0.05) is 0 Å². The molecule has 0 saturated heterocycles. The SMILES string of the molecule is COc1cc2c(cc1OC)SC(C(=O)CCc1cc[n+](Cc3coc([N+](=O)[O-])c3)cc1)C2. The van der Waals surface area contributed by atoms with Gasteiger partial charge in [0, 0.05) is 23.4 Å². The number of carbonyl (C=O) groups is 1. The first-order valence-electron chi connectivity index (χ1n) is 10.1. The van der Waals surface area contributed by atoms with Crippen molar-refractivity contribution in [3.63, 3.8) is 0 Å². The van der Waals surface area contributed by atoms with Gasteiger partial charge in [-0.3, -0.25) is 14.9 Å². The van der Waals surface area contributed by atoms with Crippen LogP contribution in [0.5, 0.6) is 11.5 Å². The van der Waals surface area contributed by atoms with Crippen LogP contribution in [0.2, 0.25) is 0 Å². The lowest BCUT2D eigenvalue weighted by atomic mass is 10.0. The van der Waals surface area contributed by atoms with Gasteiger partial charge in [-0.05, 0) is 36.1 Å². The van der Waals surface area contributed by atoms with Crippen molar-refractivity contribution in [2.75, 3.05) is 14.2 Å². The van der Waals surface area contributed by atoms with Crippen LogP contribution in [0.3, 0.4) is 0 Å². The number of furan rings is 1. The zero-order valence-corrected chi connectivity index (χ0v) is 18.6. The highest BCUT2D eigenvalue weighted by molar-refractivity contribution is 8.01. The quantitative estimate of drug-likeness (QED) is 0.275. The Labute approximate surface area is 189 Å². The van der Waals surface area contributed by atoms with E-state index in [1.807, 2.05) is 41.2 Å². The van der Waals surface area contributed by atoms with E-state index >= 15 is 0 Å². The van der Waals surface area contributed by atoms with Gasteiger partial charge in [0.05, 0.1) is 31.1 Å². The normalized spacial score (nSPS) is 14.8. The predicted octanol–water partition coefficient (Wildman–Crippen LogP) is 3.76. The van der Waals surface area contributed by atoms with Crippen LogP contribution in [0.4, 0.5) is 5.88 Å². The van der Waals surface area contributed by atoms with Gasteiger partial charge in [0.25, 0.3) is 0 Å². The average Bonchev–Trinajstić information content (AvgIpc) is 3.44. The van der Waals surface area contributed by atoms with Gasteiger partial charge < -0.3 is 13.9 Å². The number of thioether (sulfide) groups is 1. The van der Waals surface area contributed by atoms with Crippen LogP contribution in [0.25, 0.3) is 0 Å². The minimum absolute atomic E-state index is 0.0904. The third-order valence-corrected chi connectivity index (χ3v) is 6.75. The number of benzene rings is 1. The zero-order chi connectivity index (χ0) is 22.7. The summed E-state index contributed by atoms with van der Waals surface area (Å²) in [5.74, 6) is 1.32. The average molecular weight is 456 g/mol. The van der Waals surface area contributed by atoms with Crippen LogP contribution < -0.4 is 14.0 Å². The first kappa shape index (κ1) is 21.9. The summed E-state index contributed by atoms with van der Waals surface area (Å²) in [5.41, 5.74) is 2.90. The molecule has 0 radical (unpaired) electrons. The van der Waals surface area contributed by atoms with Crippen LogP contribution >= 0.6 is 11.8 Å². The number of fused-ring (bicyclic) bond motifs is 1. The molecular weight excluding hydrogens is 432 g/mol. The zero-order valence-electron chi connectivity index (χ0n) is 17.8. The molecule has 0 spiro atoms. The first-order chi connectivity index (χ1) is 15.5. The van der Waals surface area contributed by atoms with Gasteiger partial charge in [0.15, 0.2) is 30.4 Å². The highest BCUT2D eigenvalue weighted by Gasteiger charge is 2.29. The standard InChI is InChI=1S/C23H23N2O6S/c1-29-19-10-17-11-22(32-21(17)12-20(19)30-2)18(26)4-3-15-5-7-24(8-6-15)13-16-9-23(25(27)28)31-14-16/h5-10,12,14,22H,3-4,11,13H2,1-2H3/q+1. The molecular formula is C23H23N2O6S+. The summed E-state index contributed by atoms with van der Waals surface area (Å²) in [4.78, 5) is 24.0. The van der Waals surface area contributed by atoms with E-state index in [1.165, 1.54) is 12.3 Å².